The third-order valence-corrected chi connectivity index (χ3v) is 2.44. The van der Waals surface area contributed by atoms with Crippen LogP contribution in [0.1, 0.15) is 10.4 Å². The predicted octanol–water partition coefficient (Wildman–Crippen LogP) is 4.03. The molecule has 0 N–H and O–H groups in total. The standard InChI is InChI=1S/C14H9F3O2/c15-14(16,17)19-13(18)12-8-6-11(7-9-12)10-4-2-1-3-5-10/h1-9H. The lowest BCUT2D eigenvalue weighted by molar-refractivity contribution is -0.291. The van der Waals surface area contributed by atoms with Crippen molar-refractivity contribution >= 4 is 5.97 Å². The van der Waals surface area contributed by atoms with Crippen LogP contribution in [-0.2, 0) is 4.74 Å². The Bertz CT molecular complexity index is 559. The first-order valence-corrected chi connectivity index (χ1v) is 5.41. The van der Waals surface area contributed by atoms with Crippen molar-refractivity contribution < 1.29 is 22.7 Å². The molecule has 0 radical (unpaired) electrons. The van der Waals surface area contributed by atoms with Crippen molar-refractivity contribution in [3.63, 3.8) is 0 Å². The van der Waals surface area contributed by atoms with E-state index in [4.69, 9.17) is 0 Å². The molecular weight excluding hydrogens is 257 g/mol. The molecule has 0 spiro atoms. The molecule has 0 amide bonds. The fourth-order valence-corrected chi connectivity index (χ4v) is 1.59. The fraction of sp³-hybridized carbons (Fsp3) is 0.0714. The summed E-state index contributed by atoms with van der Waals surface area (Å²) in [4.78, 5) is 11.2. The van der Waals surface area contributed by atoms with E-state index in [9.17, 15) is 18.0 Å². The van der Waals surface area contributed by atoms with Gasteiger partial charge in [-0.3, -0.25) is 0 Å². The predicted molar refractivity (Wildman–Crippen MR) is 63.3 cm³/mol. The van der Waals surface area contributed by atoms with Gasteiger partial charge in [-0.25, -0.2) is 4.79 Å². The first-order chi connectivity index (χ1) is 8.96. The van der Waals surface area contributed by atoms with E-state index in [0.717, 1.165) is 11.1 Å². The van der Waals surface area contributed by atoms with Gasteiger partial charge < -0.3 is 4.74 Å². The number of esters is 1. The van der Waals surface area contributed by atoms with Crippen molar-refractivity contribution in [2.45, 2.75) is 6.36 Å². The average molecular weight is 266 g/mol. The molecule has 0 unspecified atom stereocenters. The van der Waals surface area contributed by atoms with Gasteiger partial charge >= 0.3 is 12.3 Å². The van der Waals surface area contributed by atoms with Crippen LogP contribution in [0.3, 0.4) is 0 Å². The van der Waals surface area contributed by atoms with E-state index in [1.54, 1.807) is 12.1 Å². The van der Waals surface area contributed by atoms with Crippen LogP contribution >= 0.6 is 0 Å². The number of rotatable bonds is 2. The molecule has 0 saturated carbocycles. The number of ether oxygens (including phenoxy) is 1. The Kier molecular flexibility index (Phi) is 3.55. The molecule has 5 heteroatoms. The zero-order valence-corrected chi connectivity index (χ0v) is 9.65. The molecule has 19 heavy (non-hydrogen) atoms. The van der Waals surface area contributed by atoms with E-state index in [0.29, 0.717) is 0 Å². The Hall–Kier alpha value is -2.30. The SMILES string of the molecule is O=C(OC(F)(F)F)c1ccc(-c2ccccc2)cc1. The van der Waals surface area contributed by atoms with Gasteiger partial charge in [0, 0.05) is 0 Å². The summed E-state index contributed by atoms with van der Waals surface area (Å²) in [6.45, 7) is 0. The first-order valence-electron chi connectivity index (χ1n) is 5.41. The third kappa shape index (κ3) is 3.58. The minimum atomic E-state index is -4.96. The summed E-state index contributed by atoms with van der Waals surface area (Å²) in [6, 6.07) is 15.0. The quantitative estimate of drug-likeness (QED) is 0.767. The molecule has 0 aliphatic heterocycles. The maximum atomic E-state index is 11.9. The number of carbonyl (C=O) groups excluding carboxylic acids is 1. The lowest BCUT2D eigenvalue weighted by Crippen LogP contribution is -2.19. The highest BCUT2D eigenvalue weighted by Gasteiger charge is 2.34. The molecule has 0 atom stereocenters. The fourth-order valence-electron chi connectivity index (χ4n) is 1.59. The van der Waals surface area contributed by atoms with Gasteiger partial charge in [0.15, 0.2) is 0 Å². The molecular formula is C14H9F3O2. The van der Waals surface area contributed by atoms with Crippen LogP contribution in [0.15, 0.2) is 54.6 Å². The number of hydrogen-bond acceptors (Lipinski definition) is 2. The molecule has 2 rings (SSSR count). The number of alkyl halides is 3. The largest absolute Gasteiger partial charge is 0.575 e. The highest BCUT2D eigenvalue weighted by Crippen LogP contribution is 2.22. The molecule has 0 bridgehead atoms. The van der Waals surface area contributed by atoms with Crippen LogP contribution in [-0.4, -0.2) is 12.3 Å². The lowest BCUT2D eigenvalue weighted by atomic mass is 10.0. The minimum absolute atomic E-state index is 0.142. The van der Waals surface area contributed by atoms with E-state index in [1.165, 1.54) is 12.1 Å². The van der Waals surface area contributed by atoms with Crippen molar-refractivity contribution in [3.05, 3.63) is 60.2 Å². The van der Waals surface area contributed by atoms with Crippen molar-refractivity contribution in [3.8, 4) is 11.1 Å². The van der Waals surface area contributed by atoms with Crippen molar-refractivity contribution in [2.24, 2.45) is 0 Å². The zero-order valence-electron chi connectivity index (χ0n) is 9.65. The van der Waals surface area contributed by atoms with Crippen molar-refractivity contribution in [2.75, 3.05) is 0 Å². The van der Waals surface area contributed by atoms with E-state index in [-0.39, 0.29) is 5.56 Å². The highest BCUT2D eigenvalue weighted by atomic mass is 19.4. The van der Waals surface area contributed by atoms with Gasteiger partial charge in [-0.1, -0.05) is 42.5 Å². The molecule has 0 saturated heterocycles. The molecule has 2 aromatic carbocycles. The van der Waals surface area contributed by atoms with Crippen LogP contribution in [0.2, 0.25) is 0 Å². The number of hydrogen-bond donors (Lipinski definition) is 0. The van der Waals surface area contributed by atoms with E-state index < -0.39 is 12.3 Å². The molecule has 0 heterocycles. The Balaban J connectivity index is 2.17. The average Bonchev–Trinajstić information content (AvgIpc) is 2.38. The Morgan fingerprint density at radius 1 is 0.842 bits per heavy atom. The second-order valence-electron chi connectivity index (χ2n) is 3.78. The summed E-state index contributed by atoms with van der Waals surface area (Å²) in [5.41, 5.74) is 1.58. The normalized spacial score (nSPS) is 11.1. The minimum Gasteiger partial charge on any atom is -0.369 e. The van der Waals surface area contributed by atoms with Gasteiger partial charge in [0.2, 0.25) is 0 Å². The Morgan fingerprint density at radius 2 is 1.37 bits per heavy atom. The van der Waals surface area contributed by atoms with E-state index in [2.05, 4.69) is 4.74 Å². The number of carbonyl (C=O) groups is 1. The van der Waals surface area contributed by atoms with Gasteiger partial charge in [0.1, 0.15) is 0 Å². The number of halogens is 3. The summed E-state index contributed by atoms with van der Waals surface area (Å²) in [5.74, 6) is -1.41. The van der Waals surface area contributed by atoms with Crippen LogP contribution in [0.25, 0.3) is 11.1 Å². The maximum absolute atomic E-state index is 11.9. The molecule has 0 aliphatic carbocycles. The van der Waals surface area contributed by atoms with Gasteiger partial charge in [-0.2, -0.15) is 0 Å². The zero-order chi connectivity index (χ0) is 13.9. The van der Waals surface area contributed by atoms with E-state index in [1.807, 2.05) is 30.3 Å². The van der Waals surface area contributed by atoms with Crippen LogP contribution in [0.4, 0.5) is 13.2 Å². The molecule has 98 valence electrons. The lowest BCUT2D eigenvalue weighted by Gasteiger charge is -2.07. The Morgan fingerprint density at radius 3 is 1.89 bits per heavy atom. The van der Waals surface area contributed by atoms with Crippen molar-refractivity contribution in [1.29, 1.82) is 0 Å². The first kappa shape index (κ1) is 13.1. The van der Waals surface area contributed by atoms with Gasteiger partial charge in [-0.15, -0.1) is 13.2 Å². The third-order valence-electron chi connectivity index (χ3n) is 2.44. The molecule has 2 aromatic rings. The maximum Gasteiger partial charge on any atom is 0.575 e. The van der Waals surface area contributed by atoms with Gasteiger partial charge in [-0.05, 0) is 23.3 Å². The Labute approximate surface area is 107 Å². The smallest absolute Gasteiger partial charge is 0.369 e. The number of benzene rings is 2. The highest BCUT2D eigenvalue weighted by molar-refractivity contribution is 5.90. The molecule has 0 aromatic heterocycles. The summed E-state index contributed by atoms with van der Waals surface area (Å²) in [6.07, 6.45) is -4.96. The van der Waals surface area contributed by atoms with Gasteiger partial charge in [0.05, 0.1) is 5.56 Å². The van der Waals surface area contributed by atoms with E-state index >= 15 is 0 Å². The van der Waals surface area contributed by atoms with Gasteiger partial charge in [0.25, 0.3) is 0 Å². The molecule has 0 fully saturated rings. The summed E-state index contributed by atoms with van der Waals surface area (Å²) in [5, 5.41) is 0. The second kappa shape index (κ2) is 5.14. The van der Waals surface area contributed by atoms with Crippen LogP contribution in [0, 0.1) is 0 Å². The summed E-state index contributed by atoms with van der Waals surface area (Å²) in [7, 11) is 0. The molecule has 2 nitrogen and oxygen atoms in total. The molecule has 0 aliphatic rings. The monoisotopic (exact) mass is 266 g/mol. The summed E-state index contributed by atoms with van der Waals surface area (Å²) >= 11 is 0. The van der Waals surface area contributed by atoms with Crippen LogP contribution in [0.5, 0.6) is 0 Å². The van der Waals surface area contributed by atoms with Crippen molar-refractivity contribution in [1.82, 2.24) is 0 Å². The van der Waals surface area contributed by atoms with Crippen LogP contribution < -0.4 is 0 Å². The topological polar surface area (TPSA) is 26.3 Å². The second-order valence-corrected chi connectivity index (χ2v) is 3.78. The summed E-state index contributed by atoms with van der Waals surface area (Å²) < 4.78 is 39.0.